The number of hydrogen-bond donors (Lipinski definition) is 10. The first kappa shape index (κ1) is 105. The Morgan fingerprint density at radius 1 is 0.316 bits per heavy atom. The van der Waals surface area contributed by atoms with E-state index >= 15 is 0 Å². The topological polar surface area (TPSA) is 498 Å². The van der Waals surface area contributed by atoms with E-state index in [4.69, 9.17) is 80.5 Å². The molecule has 0 bridgehead atoms. The summed E-state index contributed by atoms with van der Waals surface area (Å²) in [6.45, 7) is 11.7. The zero-order valence-electron chi connectivity index (χ0n) is 72.6. The Labute approximate surface area is 687 Å². The van der Waals surface area contributed by atoms with Crippen LogP contribution in [0.4, 0.5) is 0 Å². The lowest BCUT2D eigenvalue weighted by atomic mass is 9.74. The average molecular weight is 1690 g/mol. The van der Waals surface area contributed by atoms with Crippen LogP contribution >= 0.6 is 0 Å². The number of esters is 7. The first-order chi connectivity index (χ1) is 54.3. The number of hydrogen-bond acceptors (Lipinski definition) is 40. The summed E-state index contributed by atoms with van der Waals surface area (Å²) in [4.78, 5) is 107. The lowest BCUT2D eigenvalue weighted by molar-refractivity contribution is -0.391. The van der Waals surface area contributed by atoms with Gasteiger partial charge >= 0.3 is 41.8 Å². The Balaban J connectivity index is 1.79. The summed E-state index contributed by atoms with van der Waals surface area (Å²) in [6.07, 6.45) is -41.1. The van der Waals surface area contributed by atoms with E-state index in [2.05, 4.69) is 0 Å². The van der Waals surface area contributed by atoms with E-state index in [9.17, 15) is 84.6 Å². The van der Waals surface area contributed by atoms with Crippen LogP contribution in [0.15, 0.2) is 0 Å². The second-order valence-electron chi connectivity index (χ2n) is 35.2. The second kappa shape index (κ2) is 47.2. The van der Waals surface area contributed by atoms with Crippen LogP contribution in [0, 0.1) is 32.5 Å². The normalized spacial score (nSPS) is 29.7. The van der Waals surface area contributed by atoms with E-state index in [-0.39, 0.29) is 65.4 Å². The summed E-state index contributed by atoms with van der Waals surface area (Å²) in [6, 6.07) is 0. The van der Waals surface area contributed by atoms with Crippen LogP contribution in [-0.4, -0.2) is 455 Å². The number of carbonyl (C=O) groups excluding carboxylic acids is 7. The van der Waals surface area contributed by atoms with Gasteiger partial charge in [-0.05, 0) is 166 Å². The molecule has 4 aliphatic heterocycles. The maximum atomic E-state index is 14.7. The number of aliphatic hydroxyl groups is 10. The lowest BCUT2D eigenvalue weighted by Crippen LogP contribution is -2.68. The van der Waals surface area contributed by atoms with Gasteiger partial charge in [0.1, 0.15) is 144 Å². The zero-order chi connectivity index (χ0) is 88.6. The van der Waals surface area contributed by atoms with Crippen molar-refractivity contribution in [1.82, 2.24) is 29.4 Å². The standard InChI is InChI=1S/C77H140N6O34/c1-45(85)109-38-49-60(116-63-55(91)51(87)50(86)47(113-63)36-101-42-75(8,69(98)106-32-26-81(17)18)39-72(2,3)66(95)103-29-23-78(11)12)53(89)56(92)64(114-49)115-58-46(35-84)112-65(61(57(58)93)110-44-77(10,71(100)108-34-28-83(21)22)41-74(6,7)68(97)105-31-25-80(15)16)117-59-48(111-62(94)54(90)52(59)88)37-102-43-76(9,70(99)107-33-27-82(19)20)40-73(4,5)67(96)104-30-24-79(13)14/h46-65,84,86-94H,23-44H2,1-22H3/t46-,47-,48-,49-,50-,51+,52-,53-,54-,55-,56-,57+,58-,59-,60-,61-,62-,63+,64+,65+,75?,76?,77?/m1/s1. The number of rotatable bonds is 50. The van der Waals surface area contributed by atoms with E-state index in [1.165, 1.54) is 34.6 Å². The molecule has 4 fully saturated rings. The first-order valence-corrected chi connectivity index (χ1v) is 39.4. The van der Waals surface area contributed by atoms with Crippen molar-refractivity contribution in [3.63, 3.8) is 0 Å². The summed E-state index contributed by atoms with van der Waals surface area (Å²) < 4.78 is 102. The Hall–Kier alpha value is -4.75. The van der Waals surface area contributed by atoms with Gasteiger partial charge in [-0.3, -0.25) is 33.6 Å². The average Bonchev–Trinajstić information content (AvgIpc) is 0.764. The van der Waals surface area contributed by atoms with Crippen molar-refractivity contribution in [1.29, 1.82) is 0 Å². The number of nitrogens with zero attached hydrogens (tertiary/aromatic N) is 6. The van der Waals surface area contributed by atoms with Gasteiger partial charge in [0.05, 0.1) is 72.1 Å². The highest BCUT2D eigenvalue weighted by Gasteiger charge is 2.58. The van der Waals surface area contributed by atoms with Crippen LogP contribution in [0.5, 0.6) is 0 Å². The largest absolute Gasteiger partial charge is 0.464 e. The fourth-order valence-electron chi connectivity index (χ4n) is 13.7. The van der Waals surface area contributed by atoms with Crippen LogP contribution < -0.4 is 0 Å². The second-order valence-corrected chi connectivity index (χ2v) is 35.2. The highest BCUT2D eigenvalue weighted by molar-refractivity contribution is 5.82. The summed E-state index contributed by atoms with van der Waals surface area (Å²) >= 11 is 0. The Morgan fingerprint density at radius 3 is 0.974 bits per heavy atom. The molecule has 4 saturated heterocycles. The van der Waals surface area contributed by atoms with Crippen molar-refractivity contribution in [2.45, 2.75) is 211 Å². The predicted molar refractivity (Wildman–Crippen MR) is 411 cm³/mol. The lowest BCUT2D eigenvalue weighted by Gasteiger charge is -2.50. The first-order valence-electron chi connectivity index (χ1n) is 39.4. The molecular weight excluding hydrogens is 1550 g/mol. The molecule has 682 valence electrons. The van der Waals surface area contributed by atoms with Gasteiger partial charge in [0.25, 0.3) is 0 Å². The molecule has 0 amide bonds. The molecule has 23 atom stereocenters. The summed E-state index contributed by atoms with van der Waals surface area (Å²) in [5, 5.41) is 117. The molecule has 40 heteroatoms. The molecule has 4 rings (SSSR count). The molecule has 0 spiro atoms. The highest BCUT2D eigenvalue weighted by Crippen LogP contribution is 2.43. The molecule has 4 aliphatic rings. The van der Waals surface area contributed by atoms with E-state index in [0.717, 1.165) is 6.92 Å². The monoisotopic (exact) mass is 1690 g/mol. The molecular formula is C77H140N6O34. The van der Waals surface area contributed by atoms with Gasteiger partial charge in [0, 0.05) is 46.2 Å². The quantitative estimate of drug-likeness (QED) is 0.0204. The molecule has 0 aromatic carbocycles. The fourth-order valence-corrected chi connectivity index (χ4v) is 13.7. The van der Waals surface area contributed by atoms with Crippen LogP contribution in [0.2, 0.25) is 0 Å². The van der Waals surface area contributed by atoms with Gasteiger partial charge in [-0.15, -0.1) is 0 Å². The van der Waals surface area contributed by atoms with Crippen molar-refractivity contribution in [3.05, 3.63) is 0 Å². The fraction of sp³-hybridized carbons (Fsp3) is 0.909. The smallest absolute Gasteiger partial charge is 0.314 e. The number of aliphatic hydroxyl groups excluding tert-OH is 10. The van der Waals surface area contributed by atoms with Crippen molar-refractivity contribution < 1.29 is 165 Å². The van der Waals surface area contributed by atoms with Gasteiger partial charge in [-0.25, -0.2) is 0 Å². The molecule has 3 unspecified atom stereocenters. The minimum Gasteiger partial charge on any atom is -0.464 e. The number of likely N-dealkylation sites (N-methyl/N-ethyl adjacent to an activating group) is 6. The number of carbonyl (C=O) groups is 7. The highest BCUT2D eigenvalue weighted by atomic mass is 16.8. The molecule has 0 aliphatic carbocycles. The summed E-state index contributed by atoms with van der Waals surface area (Å²) in [7, 11) is 21.3. The van der Waals surface area contributed by atoms with Crippen LogP contribution in [0.3, 0.4) is 0 Å². The zero-order valence-corrected chi connectivity index (χ0v) is 72.6. The molecule has 0 aromatic rings. The van der Waals surface area contributed by atoms with E-state index in [0.29, 0.717) is 32.7 Å². The van der Waals surface area contributed by atoms with Crippen molar-refractivity contribution in [2.24, 2.45) is 32.5 Å². The molecule has 0 radical (unpaired) electrons. The molecule has 0 saturated carbocycles. The Bertz CT molecular complexity index is 3050. The van der Waals surface area contributed by atoms with Crippen molar-refractivity contribution >= 4 is 41.8 Å². The van der Waals surface area contributed by atoms with E-state index < -0.39 is 243 Å². The molecule has 117 heavy (non-hydrogen) atoms. The van der Waals surface area contributed by atoms with Gasteiger partial charge < -0.3 is 161 Å². The summed E-state index contributed by atoms with van der Waals surface area (Å²) in [5.41, 5.74) is -9.17. The summed E-state index contributed by atoms with van der Waals surface area (Å²) in [5.74, 6) is -5.29. The van der Waals surface area contributed by atoms with E-state index in [1.54, 1.807) is 132 Å². The van der Waals surface area contributed by atoms with Crippen LogP contribution in [0.25, 0.3) is 0 Å². The SMILES string of the molecule is CC(=O)OC[C@H]1O[C@@H](O[C@H]2[C@H](O)[C@@H](OCC(C)(CC(C)(C)C(=O)OCCN(C)C)C(=O)OCCN(C)C)[C@H](O[C@H]3[C@H](O)[C@@H](O)[C@H](O)O[C@@H]3COCC(C)(CC(C)(C)C(=O)OCCN(C)C)C(=O)OCCN(C)C)O[C@@H]2CO)[C@H](O)[C@@H](O)[C@@H]1O[C@@H]1O[C@H](COCC(C)(CC(C)(C)C(=O)OCCN(C)C)C(=O)OCCN(C)C)[C@@H](O)[C@H](O)[C@H]1O. The maximum absolute atomic E-state index is 14.7. The van der Waals surface area contributed by atoms with Crippen molar-refractivity contribution in [3.8, 4) is 0 Å². The Kier molecular flexibility index (Phi) is 42.2. The minimum absolute atomic E-state index is 0.0303. The molecule has 40 nitrogen and oxygen atoms in total. The molecule has 0 aromatic heterocycles. The molecule has 4 heterocycles. The third kappa shape index (κ3) is 31.8. The van der Waals surface area contributed by atoms with E-state index in [1.807, 2.05) is 9.80 Å². The van der Waals surface area contributed by atoms with Gasteiger partial charge in [-0.1, -0.05) is 0 Å². The van der Waals surface area contributed by atoms with Gasteiger partial charge in [0.2, 0.25) is 0 Å². The Morgan fingerprint density at radius 2 is 0.615 bits per heavy atom. The third-order valence-corrected chi connectivity index (χ3v) is 20.4. The van der Waals surface area contributed by atoms with Crippen LogP contribution in [-0.2, 0) is 114 Å². The number of ether oxygens (including phenoxy) is 17. The maximum Gasteiger partial charge on any atom is 0.314 e. The molecule has 10 N–H and O–H groups in total. The van der Waals surface area contributed by atoms with Crippen molar-refractivity contribution in [2.75, 3.05) is 210 Å². The minimum atomic E-state index is -2.30. The predicted octanol–water partition coefficient (Wildman–Crippen LogP) is -4.21. The van der Waals surface area contributed by atoms with Gasteiger partial charge in [0.15, 0.2) is 25.2 Å². The third-order valence-electron chi connectivity index (χ3n) is 20.4. The van der Waals surface area contributed by atoms with Crippen LogP contribution in [0.1, 0.15) is 88.5 Å². The van der Waals surface area contributed by atoms with Gasteiger partial charge in [-0.2, -0.15) is 0 Å².